The molecule has 1 aliphatic carbocycles. The molecule has 3 rings (SSSR count). The average molecular weight is 285 g/mol. The van der Waals surface area contributed by atoms with Gasteiger partial charge in [-0.25, -0.2) is 4.79 Å². The van der Waals surface area contributed by atoms with Crippen LogP contribution in [0.25, 0.3) is 0 Å². The summed E-state index contributed by atoms with van der Waals surface area (Å²) in [4.78, 5) is 27.2. The molecule has 3 N–H and O–H groups in total. The molecule has 1 heterocycles. The van der Waals surface area contributed by atoms with Crippen molar-refractivity contribution < 1.29 is 0 Å². The number of rotatable bonds is 3. The lowest BCUT2D eigenvalue weighted by atomic mass is 9.84. The molecule has 0 atom stereocenters. The SMILES string of the molecule is O=c1cc(Nc2ccc(C3CCCCC3)cc2)[nH]c(=O)[nH]1. The van der Waals surface area contributed by atoms with E-state index in [0.717, 1.165) is 5.69 Å². The van der Waals surface area contributed by atoms with Crippen molar-refractivity contribution in [3.63, 3.8) is 0 Å². The lowest BCUT2D eigenvalue weighted by Crippen LogP contribution is -2.22. The van der Waals surface area contributed by atoms with Crippen LogP contribution in [-0.2, 0) is 0 Å². The summed E-state index contributed by atoms with van der Waals surface area (Å²) in [6.07, 6.45) is 6.53. The van der Waals surface area contributed by atoms with Crippen LogP contribution in [0.5, 0.6) is 0 Å². The zero-order chi connectivity index (χ0) is 14.7. The fraction of sp³-hybridized carbons (Fsp3) is 0.375. The fourth-order valence-corrected chi connectivity index (χ4v) is 2.97. The summed E-state index contributed by atoms with van der Waals surface area (Å²) in [6, 6.07) is 9.57. The largest absolute Gasteiger partial charge is 0.342 e. The number of anilines is 2. The Balaban J connectivity index is 1.74. The molecule has 1 saturated carbocycles. The summed E-state index contributed by atoms with van der Waals surface area (Å²) in [5.74, 6) is 1.07. The van der Waals surface area contributed by atoms with Crippen molar-refractivity contribution in [3.8, 4) is 0 Å². The van der Waals surface area contributed by atoms with Crippen molar-refractivity contribution in [2.24, 2.45) is 0 Å². The van der Waals surface area contributed by atoms with Crippen LogP contribution in [0.1, 0.15) is 43.6 Å². The second kappa shape index (κ2) is 5.99. The van der Waals surface area contributed by atoms with Crippen molar-refractivity contribution in [1.29, 1.82) is 0 Å². The molecule has 2 aromatic rings. The Morgan fingerprint density at radius 2 is 1.67 bits per heavy atom. The van der Waals surface area contributed by atoms with Gasteiger partial charge in [0.05, 0.1) is 0 Å². The molecule has 0 saturated heterocycles. The molecule has 5 nitrogen and oxygen atoms in total. The number of H-pyrrole nitrogens is 2. The van der Waals surface area contributed by atoms with Crippen LogP contribution >= 0.6 is 0 Å². The van der Waals surface area contributed by atoms with Gasteiger partial charge in [-0.15, -0.1) is 0 Å². The zero-order valence-electron chi connectivity index (χ0n) is 11.8. The summed E-state index contributed by atoms with van der Waals surface area (Å²) >= 11 is 0. The van der Waals surface area contributed by atoms with E-state index in [2.05, 4.69) is 27.4 Å². The Morgan fingerprint density at radius 3 is 2.33 bits per heavy atom. The van der Waals surface area contributed by atoms with Gasteiger partial charge < -0.3 is 5.32 Å². The van der Waals surface area contributed by atoms with Crippen molar-refractivity contribution >= 4 is 11.5 Å². The predicted molar refractivity (Wildman–Crippen MR) is 83.2 cm³/mol. The maximum Gasteiger partial charge on any atom is 0.327 e. The normalized spacial score (nSPS) is 15.8. The second-order valence-corrected chi connectivity index (χ2v) is 5.58. The van der Waals surface area contributed by atoms with E-state index >= 15 is 0 Å². The highest BCUT2D eigenvalue weighted by Gasteiger charge is 2.15. The van der Waals surface area contributed by atoms with Gasteiger partial charge in [-0.3, -0.25) is 14.8 Å². The van der Waals surface area contributed by atoms with Crippen LogP contribution in [0.15, 0.2) is 39.9 Å². The number of nitrogens with one attached hydrogen (secondary N) is 3. The smallest absolute Gasteiger partial charge is 0.327 e. The molecule has 0 spiro atoms. The van der Waals surface area contributed by atoms with Crippen molar-refractivity contribution in [2.75, 3.05) is 5.32 Å². The minimum Gasteiger partial charge on any atom is -0.342 e. The minimum atomic E-state index is -0.510. The topological polar surface area (TPSA) is 77.8 Å². The van der Waals surface area contributed by atoms with Gasteiger partial charge in [0.2, 0.25) is 0 Å². The highest BCUT2D eigenvalue weighted by Crippen LogP contribution is 2.33. The highest BCUT2D eigenvalue weighted by molar-refractivity contribution is 5.56. The molecule has 0 aliphatic heterocycles. The summed E-state index contributed by atoms with van der Waals surface area (Å²) in [5.41, 5.74) is 1.30. The lowest BCUT2D eigenvalue weighted by Gasteiger charge is -2.22. The van der Waals surface area contributed by atoms with Crippen LogP contribution in [-0.4, -0.2) is 9.97 Å². The first-order valence-electron chi connectivity index (χ1n) is 7.41. The third kappa shape index (κ3) is 3.42. The Hall–Kier alpha value is -2.30. The fourth-order valence-electron chi connectivity index (χ4n) is 2.97. The Morgan fingerprint density at radius 1 is 0.952 bits per heavy atom. The molecule has 21 heavy (non-hydrogen) atoms. The Kier molecular flexibility index (Phi) is 3.90. The molecule has 1 aromatic carbocycles. The van der Waals surface area contributed by atoms with E-state index in [9.17, 15) is 9.59 Å². The first-order chi connectivity index (χ1) is 10.2. The van der Waals surface area contributed by atoms with Gasteiger partial charge in [0, 0.05) is 11.8 Å². The van der Waals surface area contributed by atoms with Gasteiger partial charge in [0.25, 0.3) is 5.56 Å². The number of benzene rings is 1. The van der Waals surface area contributed by atoms with E-state index < -0.39 is 11.2 Å². The maximum atomic E-state index is 11.2. The molecular weight excluding hydrogens is 266 g/mol. The van der Waals surface area contributed by atoms with Gasteiger partial charge >= 0.3 is 5.69 Å². The molecule has 0 unspecified atom stereocenters. The van der Waals surface area contributed by atoms with E-state index in [1.165, 1.54) is 43.7 Å². The van der Waals surface area contributed by atoms with Crippen LogP contribution in [0, 0.1) is 0 Å². The zero-order valence-corrected chi connectivity index (χ0v) is 11.8. The van der Waals surface area contributed by atoms with Crippen LogP contribution in [0.2, 0.25) is 0 Å². The van der Waals surface area contributed by atoms with Crippen molar-refractivity contribution in [2.45, 2.75) is 38.0 Å². The summed E-state index contributed by atoms with van der Waals surface area (Å²) < 4.78 is 0. The van der Waals surface area contributed by atoms with Crippen molar-refractivity contribution in [1.82, 2.24) is 9.97 Å². The monoisotopic (exact) mass is 285 g/mol. The van der Waals surface area contributed by atoms with Crippen molar-refractivity contribution in [3.05, 3.63) is 56.7 Å². The highest BCUT2D eigenvalue weighted by atomic mass is 16.2. The number of aromatic nitrogens is 2. The molecule has 0 amide bonds. The number of hydrogen-bond acceptors (Lipinski definition) is 3. The molecule has 1 fully saturated rings. The molecule has 0 bridgehead atoms. The van der Waals surface area contributed by atoms with Gasteiger partial charge in [-0.1, -0.05) is 31.4 Å². The van der Waals surface area contributed by atoms with E-state index in [1.54, 1.807) is 0 Å². The predicted octanol–water partition coefficient (Wildman–Crippen LogP) is 2.85. The minimum absolute atomic E-state index is 0.397. The van der Waals surface area contributed by atoms with E-state index in [-0.39, 0.29) is 0 Å². The van der Waals surface area contributed by atoms with E-state index in [0.29, 0.717) is 11.7 Å². The third-order valence-electron chi connectivity index (χ3n) is 4.03. The Labute approximate surface area is 122 Å². The van der Waals surface area contributed by atoms with E-state index in [4.69, 9.17) is 0 Å². The van der Waals surface area contributed by atoms with Crippen LogP contribution < -0.4 is 16.6 Å². The van der Waals surface area contributed by atoms with Gasteiger partial charge in [-0.2, -0.15) is 0 Å². The number of aromatic amines is 2. The van der Waals surface area contributed by atoms with Gasteiger partial charge in [-0.05, 0) is 36.5 Å². The number of hydrogen-bond donors (Lipinski definition) is 3. The first-order valence-corrected chi connectivity index (χ1v) is 7.41. The first kappa shape index (κ1) is 13.7. The molecule has 1 aliphatic rings. The standard InChI is InChI=1S/C16H19N3O2/c20-15-10-14(18-16(21)19-15)17-13-8-6-12(7-9-13)11-4-2-1-3-5-11/h6-11H,1-5H2,(H3,17,18,19,20,21). The second-order valence-electron chi connectivity index (χ2n) is 5.58. The maximum absolute atomic E-state index is 11.2. The van der Waals surface area contributed by atoms with Crippen LogP contribution in [0.3, 0.4) is 0 Å². The molecular formula is C16H19N3O2. The molecule has 1 aromatic heterocycles. The molecule has 5 heteroatoms. The summed E-state index contributed by atoms with van der Waals surface area (Å²) in [6.45, 7) is 0. The third-order valence-corrected chi connectivity index (χ3v) is 4.03. The van der Waals surface area contributed by atoms with Crippen LogP contribution in [0.4, 0.5) is 11.5 Å². The molecule has 110 valence electrons. The summed E-state index contributed by atoms with van der Waals surface area (Å²) in [7, 11) is 0. The van der Waals surface area contributed by atoms with E-state index in [1.807, 2.05) is 12.1 Å². The quantitative estimate of drug-likeness (QED) is 0.811. The lowest BCUT2D eigenvalue weighted by molar-refractivity contribution is 0.443. The average Bonchev–Trinajstić information content (AvgIpc) is 2.48. The van der Waals surface area contributed by atoms with Gasteiger partial charge in [0.15, 0.2) is 0 Å². The summed E-state index contributed by atoms with van der Waals surface area (Å²) in [5, 5.41) is 3.04. The van der Waals surface area contributed by atoms with Gasteiger partial charge in [0.1, 0.15) is 5.82 Å². The molecule has 0 radical (unpaired) electrons. The Bertz CT molecular complexity index is 681.